The molecule has 1 unspecified atom stereocenters. The Hall–Kier alpha value is -2.85. The average Bonchev–Trinajstić information content (AvgIpc) is 3.42. The first-order valence-electron chi connectivity index (χ1n) is 9.35. The fourth-order valence-corrected chi connectivity index (χ4v) is 3.04. The maximum Gasteiger partial charge on any atom is 0.408 e. The summed E-state index contributed by atoms with van der Waals surface area (Å²) in [4.78, 5) is 30.1. The Bertz CT molecular complexity index is 1020. The summed E-state index contributed by atoms with van der Waals surface area (Å²) in [5, 5.41) is 12.2. The van der Waals surface area contributed by atoms with Gasteiger partial charge in [-0.3, -0.25) is 9.36 Å². The second-order valence-corrected chi connectivity index (χ2v) is 7.90. The molecule has 148 valence electrons. The van der Waals surface area contributed by atoms with Crippen LogP contribution in [-0.4, -0.2) is 33.0 Å². The van der Waals surface area contributed by atoms with Gasteiger partial charge in [0.2, 0.25) is 0 Å². The van der Waals surface area contributed by atoms with Crippen molar-refractivity contribution in [2.75, 3.05) is 6.61 Å². The average molecular weight is 383 g/mol. The van der Waals surface area contributed by atoms with Crippen LogP contribution in [0, 0.1) is 11.8 Å². The van der Waals surface area contributed by atoms with Crippen molar-refractivity contribution >= 4 is 17.0 Å². The third-order valence-corrected chi connectivity index (χ3v) is 4.29. The minimum absolute atomic E-state index is 0.0705. The van der Waals surface area contributed by atoms with E-state index in [2.05, 4.69) is 22.1 Å². The number of hydrogen-bond donors (Lipinski definition) is 2. The van der Waals surface area contributed by atoms with E-state index in [9.17, 15) is 9.59 Å². The maximum absolute atomic E-state index is 13.3. The first kappa shape index (κ1) is 19.9. The largest absolute Gasteiger partial charge is 0.444 e. The number of nitrogens with one attached hydrogen (secondary N) is 1. The minimum Gasteiger partial charge on any atom is -0.444 e. The molecule has 0 radical (unpaired) electrons. The summed E-state index contributed by atoms with van der Waals surface area (Å²) < 4.78 is 6.98. The highest BCUT2D eigenvalue weighted by molar-refractivity contribution is 5.84. The van der Waals surface area contributed by atoms with Crippen LogP contribution in [0.3, 0.4) is 0 Å². The minimum atomic E-state index is -0.614. The Kier molecular flexibility index (Phi) is 5.43. The summed E-state index contributed by atoms with van der Waals surface area (Å²) in [7, 11) is 0. The molecule has 0 bridgehead atoms. The maximum atomic E-state index is 13.3. The number of hydrogen-bond acceptors (Lipinski definition) is 5. The number of amides is 1. The van der Waals surface area contributed by atoms with Crippen LogP contribution in [0.4, 0.5) is 4.79 Å². The topological polar surface area (TPSA) is 93.5 Å². The van der Waals surface area contributed by atoms with Crippen molar-refractivity contribution in [1.82, 2.24) is 14.9 Å². The molecule has 3 rings (SSSR count). The van der Waals surface area contributed by atoms with E-state index in [-0.39, 0.29) is 18.2 Å². The molecule has 1 saturated carbocycles. The summed E-state index contributed by atoms with van der Waals surface area (Å²) in [5.41, 5.74) is 0.261. The van der Waals surface area contributed by atoms with Gasteiger partial charge in [0.15, 0.2) is 0 Å². The highest BCUT2D eigenvalue weighted by Crippen LogP contribution is 2.36. The summed E-state index contributed by atoms with van der Waals surface area (Å²) in [6, 6.07) is 4.84. The van der Waals surface area contributed by atoms with Crippen molar-refractivity contribution in [3.05, 3.63) is 39.9 Å². The van der Waals surface area contributed by atoms with Crippen LogP contribution in [0.2, 0.25) is 0 Å². The van der Waals surface area contributed by atoms with Crippen molar-refractivity contribution in [2.45, 2.75) is 58.2 Å². The number of aliphatic hydroxyl groups is 1. The molecule has 1 atom stereocenters. The molecule has 1 amide bonds. The van der Waals surface area contributed by atoms with Crippen LogP contribution in [0.25, 0.3) is 10.9 Å². The van der Waals surface area contributed by atoms with Crippen LogP contribution >= 0.6 is 0 Å². The number of aliphatic hydroxyl groups excluding tert-OH is 1. The number of aromatic nitrogens is 2. The number of nitrogens with zero attached hydrogens (tertiary/aromatic N) is 2. The van der Waals surface area contributed by atoms with E-state index in [4.69, 9.17) is 9.84 Å². The third-order valence-electron chi connectivity index (χ3n) is 4.29. The van der Waals surface area contributed by atoms with Crippen molar-refractivity contribution < 1.29 is 14.6 Å². The number of carbonyl (C=O) groups is 1. The Balaban J connectivity index is 2.07. The monoisotopic (exact) mass is 383 g/mol. The summed E-state index contributed by atoms with van der Waals surface area (Å²) in [6.07, 6.45) is 1.23. The van der Waals surface area contributed by atoms with Crippen molar-refractivity contribution in [2.24, 2.45) is 0 Å². The molecule has 7 nitrogen and oxygen atoms in total. The Labute approximate surface area is 163 Å². The number of alkyl carbamates (subject to hydrolysis) is 1. The molecule has 0 aliphatic heterocycles. The van der Waals surface area contributed by atoms with Gasteiger partial charge in [-0.15, -0.1) is 0 Å². The molecule has 0 spiro atoms. The number of carbonyl (C=O) groups excluding carboxylic acids is 1. The van der Waals surface area contributed by atoms with Crippen LogP contribution in [-0.2, 0) is 4.74 Å². The quantitative estimate of drug-likeness (QED) is 0.795. The van der Waals surface area contributed by atoms with Crippen molar-refractivity contribution in [3.8, 4) is 11.8 Å². The molecule has 2 N–H and O–H groups in total. The lowest BCUT2D eigenvalue weighted by Gasteiger charge is -2.23. The van der Waals surface area contributed by atoms with Crippen LogP contribution < -0.4 is 10.9 Å². The molecule has 28 heavy (non-hydrogen) atoms. The number of fused-ring (bicyclic) bond motifs is 1. The van der Waals surface area contributed by atoms with E-state index in [1.54, 1.807) is 50.5 Å². The smallest absolute Gasteiger partial charge is 0.408 e. The van der Waals surface area contributed by atoms with Gasteiger partial charge in [-0.05, 0) is 52.7 Å². The zero-order valence-electron chi connectivity index (χ0n) is 16.6. The third kappa shape index (κ3) is 4.34. The molecule has 1 aliphatic carbocycles. The van der Waals surface area contributed by atoms with Gasteiger partial charge in [0.05, 0.1) is 16.9 Å². The van der Waals surface area contributed by atoms with E-state index < -0.39 is 17.7 Å². The number of rotatable bonds is 3. The SMILES string of the molecule is CC(NC(=O)OC(C)(C)C)c1nc2cccc(C#CCO)c2c(=O)n1C1CC1. The highest BCUT2D eigenvalue weighted by atomic mass is 16.6. The molecular formula is C21H25N3O4. The predicted molar refractivity (Wildman–Crippen MR) is 106 cm³/mol. The number of ether oxygens (including phenoxy) is 1. The zero-order valence-corrected chi connectivity index (χ0v) is 16.6. The van der Waals surface area contributed by atoms with Crippen LogP contribution in [0.5, 0.6) is 0 Å². The fraction of sp³-hybridized carbons (Fsp3) is 0.476. The standard InChI is InChI=1S/C21H25N3O4/c1-13(22-20(27)28-21(2,3)4)18-23-16-9-5-7-14(8-6-12-25)17(16)19(26)24(18)15-10-11-15/h5,7,9,13,15,25H,10-12H2,1-4H3,(H,22,27). The van der Waals surface area contributed by atoms with Crippen LogP contribution in [0.15, 0.2) is 23.0 Å². The lowest BCUT2D eigenvalue weighted by Crippen LogP contribution is -2.37. The van der Waals surface area contributed by atoms with E-state index in [1.165, 1.54) is 0 Å². The van der Waals surface area contributed by atoms with Gasteiger partial charge < -0.3 is 15.2 Å². The second kappa shape index (κ2) is 7.64. The zero-order chi connectivity index (χ0) is 20.5. The molecule has 1 aliphatic rings. The summed E-state index contributed by atoms with van der Waals surface area (Å²) in [6.45, 7) is 6.88. The molecule has 1 fully saturated rings. The van der Waals surface area contributed by atoms with Crippen molar-refractivity contribution in [1.29, 1.82) is 0 Å². The Morgan fingerprint density at radius 2 is 2.14 bits per heavy atom. The van der Waals surface area contributed by atoms with Crippen molar-refractivity contribution in [3.63, 3.8) is 0 Å². The van der Waals surface area contributed by atoms with Gasteiger partial charge >= 0.3 is 6.09 Å². The van der Waals surface area contributed by atoms with Gasteiger partial charge in [-0.2, -0.15) is 0 Å². The summed E-state index contributed by atoms with van der Waals surface area (Å²) in [5.74, 6) is 5.92. The number of benzene rings is 1. The molecule has 1 heterocycles. The second-order valence-electron chi connectivity index (χ2n) is 7.90. The van der Waals surface area contributed by atoms with E-state index >= 15 is 0 Å². The van der Waals surface area contributed by atoms with Gasteiger partial charge in [-0.1, -0.05) is 17.9 Å². The normalized spacial score (nSPS) is 14.9. The molecule has 1 aromatic carbocycles. The van der Waals surface area contributed by atoms with E-state index in [0.717, 1.165) is 12.8 Å². The van der Waals surface area contributed by atoms with Gasteiger partial charge in [0.1, 0.15) is 18.0 Å². The van der Waals surface area contributed by atoms with Gasteiger partial charge in [0, 0.05) is 11.6 Å². The van der Waals surface area contributed by atoms with E-state index in [0.29, 0.717) is 22.3 Å². The fourth-order valence-electron chi connectivity index (χ4n) is 3.04. The van der Waals surface area contributed by atoms with Gasteiger partial charge in [0.25, 0.3) is 5.56 Å². The van der Waals surface area contributed by atoms with Gasteiger partial charge in [-0.25, -0.2) is 9.78 Å². The van der Waals surface area contributed by atoms with E-state index in [1.807, 2.05) is 0 Å². The molecule has 0 saturated heterocycles. The predicted octanol–water partition coefficient (Wildman–Crippen LogP) is 2.66. The molecular weight excluding hydrogens is 358 g/mol. The molecule has 7 heteroatoms. The highest BCUT2D eigenvalue weighted by Gasteiger charge is 2.31. The first-order chi connectivity index (χ1) is 13.2. The lowest BCUT2D eigenvalue weighted by molar-refractivity contribution is 0.0504. The lowest BCUT2D eigenvalue weighted by atomic mass is 10.1. The Morgan fingerprint density at radius 1 is 1.43 bits per heavy atom. The van der Waals surface area contributed by atoms with Crippen LogP contribution in [0.1, 0.15) is 64.0 Å². The first-order valence-corrected chi connectivity index (χ1v) is 9.35. The molecule has 2 aromatic rings. The Morgan fingerprint density at radius 3 is 2.75 bits per heavy atom. The summed E-state index contributed by atoms with van der Waals surface area (Å²) >= 11 is 0. The molecule has 1 aromatic heterocycles.